The van der Waals surface area contributed by atoms with Crippen molar-refractivity contribution in [2.24, 2.45) is 0 Å². The molecule has 0 unspecified atom stereocenters. The summed E-state index contributed by atoms with van der Waals surface area (Å²) in [5.41, 5.74) is -0.166. The Bertz CT molecular complexity index is 596. The van der Waals surface area contributed by atoms with Crippen LogP contribution in [0.5, 0.6) is 5.75 Å². The molecule has 0 spiro atoms. The van der Waals surface area contributed by atoms with Gasteiger partial charge in [0.2, 0.25) is 0 Å². The van der Waals surface area contributed by atoms with Gasteiger partial charge < -0.3 is 19.7 Å². The first-order valence-corrected chi connectivity index (χ1v) is 9.36. The Morgan fingerprint density at radius 1 is 1.19 bits per heavy atom. The van der Waals surface area contributed by atoms with Gasteiger partial charge in [0.05, 0.1) is 0 Å². The number of anilines is 1. The summed E-state index contributed by atoms with van der Waals surface area (Å²) in [5.74, 6) is 0.467. The van der Waals surface area contributed by atoms with Crippen LogP contribution in [0.1, 0.15) is 46.0 Å². The molecule has 0 aliphatic carbocycles. The molecule has 26 heavy (non-hydrogen) atoms. The zero-order valence-corrected chi connectivity index (χ0v) is 16.0. The van der Waals surface area contributed by atoms with Crippen molar-refractivity contribution in [2.75, 3.05) is 32.1 Å². The summed E-state index contributed by atoms with van der Waals surface area (Å²) in [6.45, 7) is 5.58. The summed E-state index contributed by atoms with van der Waals surface area (Å²) in [4.78, 5) is 26.3. The van der Waals surface area contributed by atoms with Gasteiger partial charge in [-0.15, -0.1) is 0 Å². The summed E-state index contributed by atoms with van der Waals surface area (Å²) in [5, 5.41) is 2.88. The highest BCUT2D eigenvalue weighted by Crippen LogP contribution is 2.22. The summed E-state index contributed by atoms with van der Waals surface area (Å²) >= 11 is 0. The third kappa shape index (κ3) is 5.46. The number of carbonyl (C=O) groups is 2. The van der Waals surface area contributed by atoms with Gasteiger partial charge in [0, 0.05) is 25.9 Å². The third-order valence-corrected chi connectivity index (χ3v) is 4.87. The second-order valence-corrected chi connectivity index (χ2v) is 6.89. The first kappa shape index (κ1) is 20.2. The Balaban J connectivity index is 1.86. The van der Waals surface area contributed by atoms with E-state index in [4.69, 9.17) is 9.47 Å². The Morgan fingerprint density at radius 2 is 1.85 bits per heavy atom. The van der Waals surface area contributed by atoms with Crippen molar-refractivity contribution in [3.05, 3.63) is 24.3 Å². The van der Waals surface area contributed by atoms with Crippen molar-refractivity contribution in [1.29, 1.82) is 0 Å². The molecule has 6 heteroatoms. The SMILES string of the molecule is CCCC[C@](C)(OC)C(=O)Nc1ccc(OCC(=O)N2CCCC2)cc1. The monoisotopic (exact) mass is 362 g/mol. The van der Waals surface area contributed by atoms with E-state index in [1.807, 2.05) is 4.90 Å². The summed E-state index contributed by atoms with van der Waals surface area (Å²) < 4.78 is 11.0. The maximum absolute atomic E-state index is 12.5. The molecule has 6 nitrogen and oxygen atoms in total. The van der Waals surface area contributed by atoms with Crippen LogP contribution in [-0.2, 0) is 14.3 Å². The molecule has 0 saturated carbocycles. The average molecular weight is 362 g/mol. The Morgan fingerprint density at radius 3 is 2.42 bits per heavy atom. The highest BCUT2D eigenvalue weighted by Gasteiger charge is 2.32. The van der Waals surface area contributed by atoms with Crippen molar-refractivity contribution in [3.8, 4) is 5.75 Å². The smallest absolute Gasteiger partial charge is 0.260 e. The quantitative estimate of drug-likeness (QED) is 0.732. The molecule has 1 atom stereocenters. The number of hydrogen-bond donors (Lipinski definition) is 1. The maximum atomic E-state index is 12.5. The van der Waals surface area contributed by atoms with E-state index < -0.39 is 5.60 Å². The molecule has 1 saturated heterocycles. The van der Waals surface area contributed by atoms with E-state index in [1.165, 1.54) is 0 Å². The fourth-order valence-electron chi connectivity index (χ4n) is 2.92. The Kier molecular flexibility index (Phi) is 7.45. The number of hydrogen-bond acceptors (Lipinski definition) is 4. The number of likely N-dealkylation sites (tertiary alicyclic amines) is 1. The summed E-state index contributed by atoms with van der Waals surface area (Å²) in [7, 11) is 1.56. The number of nitrogens with zero attached hydrogens (tertiary/aromatic N) is 1. The molecule has 2 amide bonds. The summed E-state index contributed by atoms with van der Waals surface area (Å²) in [6, 6.07) is 7.04. The van der Waals surface area contributed by atoms with Gasteiger partial charge in [-0.3, -0.25) is 9.59 Å². The van der Waals surface area contributed by atoms with Gasteiger partial charge in [-0.05, 0) is 50.5 Å². The van der Waals surface area contributed by atoms with Crippen LogP contribution >= 0.6 is 0 Å². The van der Waals surface area contributed by atoms with Crippen LogP contribution in [0.4, 0.5) is 5.69 Å². The largest absolute Gasteiger partial charge is 0.484 e. The molecule has 1 N–H and O–H groups in total. The van der Waals surface area contributed by atoms with Crippen molar-refractivity contribution in [1.82, 2.24) is 4.90 Å². The third-order valence-electron chi connectivity index (χ3n) is 4.87. The van der Waals surface area contributed by atoms with Gasteiger partial charge in [0.25, 0.3) is 11.8 Å². The molecule has 1 aromatic rings. The van der Waals surface area contributed by atoms with Crippen LogP contribution in [0, 0.1) is 0 Å². The first-order valence-electron chi connectivity index (χ1n) is 9.36. The van der Waals surface area contributed by atoms with E-state index in [0.29, 0.717) is 17.9 Å². The van der Waals surface area contributed by atoms with Crippen LogP contribution in [0.2, 0.25) is 0 Å². The van der Waals surface area contributed by atoms with E-state index in [0.717, 1.165) is 38.8 Å². The summed E-state index contributed by atoms with van der Waals surface area (Å²) in [6.07, 6.45) is 4.74. The number of amides is 2. The molecule has 1 aliphatic heterocycles. The fraction of sp³-hybridized carbons (Fsp3) is 0.600. The standard InChI is InChI=1S/C20H30N2O4/c1-4-5-12-20(2,25-3)19(24)21-16-8-10-17(11-9-16)26-15-18(23)22-13-6-7-14-22/h8-11H,4-7,12-15H2,1-3H3,(H,21,24)/t20-/m0/s1. The van der Waals surface area contributed by atoms with Crippen molar-refractivity contribution < 1.29 is 19.1 Å². The van der Waals surface area contributed by atoms with Crippen molar-refractivity contribution in [3.63, 3.8) is 0 Å². The Hall–Kier alpha value is -2.08. The topological polar surface area (TPSA) is 67.9 Å². The average Bonchev–Trinajstić information content (AvgIpc) is 3.20. The van der Waals surface area contributed by atoms with Crippen molar-refractivity contribution in [2.45, 2.75) is 51.6 Å². The lowest BCUT2D eigenvalue weighted by Gasteiger charge is -2.26. The van der Waals surface area contributed by atoms with Gasteiger partial charge in [0.1, 0.15) is 11.4 Å². The number of carbonyl (C=O) groups excluding carboxylic acids is 2. The van der Waals surface area contributed by atoms with Gasteiger partial charge in [0.15, 0.2) is 6.61 Å². The number of benzene rings is 1. The van der Waals surface area contributed by atoms with E-state index in [1.54, 1.807) is 38.3 Å². The van der Waals surface area contributed by atoms with Gasteiger partial charge in [-0.25, -0.2) is 0 Å². The zero-order valence-electron chi connectivity index (χ0n) is 16.0. The minimum absolute atomic E-state index is 0.0201. The highest BCUT2D eigenvalue weighted by molar-refractivity contribution is 5.97. The number of unbranched alkanes of at least 4 members (excludes halogenated alkanes) is 1. The molecular weight excluding hydrogens is 332 g/mol. The van der Waals surface area contributed by atoms with E-state index >= 15 is 0 Å². The fourth-order valence-corrected chi connectivity index (χ4v) is 2.92. The molecule has 1 aromatic carbocycles. The van der Waals surface area contributed by atoms with E-state index in [9.17, 15) is 9.59 Å². The van der Waals surface area contributed by atoms with Crippen LogP contribution < -0.4 is 10.1 Å². The molecule has 1 heterocycles. The van der Waals surface area contributed by atoms with Gasteiger partial charge in [-0.2, -0.15) is 0 Å². The molecule has 2 rings (SSSR count). The molecule has 1 aliphatic rings. The molecular formula is C20H30N2O4. The lowest BCUT2D eigenvalue weighted by atomic mass is 9.97. The van der Waals surface area contributed by atoms with Crippen LogP contribution in [-0.4, -0.2) is 49.1 Å². The number of nitrogens with one attached hydrogen (secondary N) is 1. The maximum Gasteiger partial charge on any atom is 0.260 e. The second kappa shape index (κ2) is 9.57. The Labute approximate surface area is 155 Å². The van der Waals surface area contributed by atoms with Crippen LogP contribution in [0.3, 0.4) is 0 Å². The van der Waals surface area contributed by atoms with Crippen molar-refractivity contribution >= 4 is 17.5 Å². The lowest BCUT2D eigenvalue weighted by molar-refractivity contribution is -0.136. The van der Waals surface area contributed by atoms with Gasteiger partial charge in [-0.1, -0.05) is 19.8 Å². The van der Waals surface area contributed by atoms with Gasteiger partial charge >= 0.3 is 0 Å². The molecule has 0 aromatic heterocycles. The highest BCUT2D eigenvalue weighted by atomic mass is 16.5. The molecule has 1 fully saturated rings. The molecule has 144 valence electrons. The van der Waals surface area contributed by atoms with Crippen LogP contribution in [0.25, 0.3) is 0 Å². The molecule has 0 radical (unpaired) electrons. The zero-order chi connectivity index (χ0) is 19.0. The van der Waals surface area contributed by atoms with Crippen LogP contribution in [0.15, 0.2) is 24.3 Å². The second-order valence-electron chi connectivity index (χ2n) is 6.89. The normalized spacial score (nSPS) is 16.2. The molecule has 0 bridgehead atoms. The first-order chi connectivity index (χ1) is 12.5. The van der Waals surface area contributed by atoms with E-state index in [-0.39, 0.29) is 18.4 Å². The number of ether oxygens (including phenoxy) is 2. The predicted octanol–water partition coefficient (Wildman–Crippen LogP) is 3.22. The minimum Gasteiger partial charge on any atom is -0.484 e. The lowest BCUT2D eigenvalue weighted by Crippen LogP contribution is -2.41. The number of rotatable bonds is 9. The predicted molar refractivity (Wildman–Crippen MR) is 101 cm³/mol. The van der Waals surface area contributed by atoms with E-state index in [2.05, 4.69) is 12.2 Å². The number of methoxy groups -OCH3 is 1. The minimum atomic E-state index is -0.840.